The topological polar surface area (TPSA) is 34.2 Å². The van der Waals surface area contributed by atoms with E-state index in [1.165, 1.54) is 6.42 Å². The maximum Gasteiger partial charge on any atom is 0.141 e. The molecule has 1 aliphatic rings. The lowest BCUT2D eigenvalue weighted by atomic mass is 10.1. The highest BCUT2D eigenvalue weighted by molar-refractivity contribution is 5.30. The van der Waals surface area contributed by atoms with Crippen LogP contribution in [0.25, 0.3) is 0 Å². The summed E-state index contributed by atoms with van der Waals surface area (Å²) in [6.07, 6.45) is 3.11. The summed E-state index contributed by atoms with van der Waals surface area (Å²) in [7, 11) is 3.69. The molecular formula is C12H18N2O. The largest absolute Gasteiger partial charge is 0.495 e. The minimum absolute atomic E-state index is 0.330. The molecular weight excluding hydrogens is 188 g/mol. The van der Waals surface area contributed by atoms with Crippen molar-refractivity contribution in [1.29, 1.82) is 0 Å². The van der Waals surface area contributed by atoms with E-state index in [0.717, 1.165) is 17.4 Å². The summed E-state index contributed by atoms with van der Waals surface area (Å²) in [5.74, 6) is 2.39. The van der Waals surface area contributed by atoms with E-state index in [1.807, 2.05) is 25.4 Å². The first-order valence-electron chi connectivity index (χ1n) is 5.44. The molecule has 1 heterocycles. The van der Waals surface area contributed by atoms with Crippen molar-refractivity contribution in [3.63, 3.8) is 0 Å². The molecule has 1 aromatic heterocycles. The minimum atomic E-state index is 0.330. The molecule has 3 heteroatoms. The normalized spacial score (nSPS) is 26.1. The molecule has 1 aromatic rings. The van der Waals surface area contributed by atoms with E-state index in [0.29, 0.717) is 12.0 Å². The van der Waals surface area contributed by atoms with Crippen LogP contribution < -0.4 is 10.1 Å². The van der Waals surface area contributed by atoms with Crippen molar-refractivity contribution in [3.8, 4) is 5.75 Å². The molecule has 0 spiro atoms. The van der Waals surface area contributed by atoms with Crippen LogP contribution in [0.2, 0.25) is 0 Å². The van der Waals surface area contributed by atoms with E-state index < -0.39 is 0 Å². The van der Waals surface area contributed by atoms with E-state index in [1.54, 1.807) is 7.11 Å². The smallest absolute Gasteiger partial charge is 0.141 e. The molecule has 0 aromatic carbocycles. The van der Waals surface area contributed by atoms with Crippen LogP contribution in [-0.2, 0) is 0 Å². The Morgan fingerprint density at radius 2 is 2.33 bits per heavy atom. The van der Waals surface area contributed by atoms with Gasteiger partial charge >= 0.3 is 0 Å². The molecule has 1 N–H and O–H groups in total. The van der Waals surface area contributed by atoms with Crippen molar-refractivity contribution >= 4 is 0 Å². The highest BCUT2D eigenvalue weighted by Gasteiger charge is 2.41. The van der Waals surface area contributed by atoms with E-state index in [-0.39, 0.29) is 0 Å². The Kier molecular flexibility index (Phi) is 2.91. The monoisotopic (exact) mass is 206 g/mol. The Labute approximate surface area is 90.9 Å². The van der Waals surface area contributed by atoms with Crippen LogP contribution in [0, 0.1) is 11.8 Å². The average molecular weight is 206 g/mol. The SMILES string of the molecule is CNC(c1ncccc1OC)C1CC1C. The fourth-order valence-corrected chi connectivity index (χ4v) is 2.18. The van der Waals surface area contributed by atoms with E-state index >= 15 is 0 Å². The standard InChI is InChI=1S/C12H18N2O/c1-8-7-9(8)11(13-2)12-10(15-3)5-4-6-14-12/h4-6,8-9,11,13H,7H2,1-3H3. The third-order valence-corrected chi connectivity index (χ3v) is 3.23. The van der Waals surface area contributed by atoms with Gasteiger partial charge in [-0.2, -0.15) is 0 Å². The van der Waals surface area contributed by atoms with Crippen LogP contribution in [0.5, 0.6) is 5.75 Å². The lowest BCUT2D eigenvalue weighted by Gasteiger charge is -2.17. The molecule has 0 radical (unpaired) electrons. The maximum atomic E-state index is 5.34. The van der Waals surface area contributed by atoms with Crippen LogP contribution in [-0.4, -0.2) is 19.1 Å². The summed E-state index contributed by atoms with van der Waals surface area (Å²) < 4.78 is 5.34. The number of nitrogens with one attached hydrogen (secondary N) is 1. The van der Waals surface area contributed by atoms with Gasteiger partial charge in [-0.05, 0) is 37.4 Å². The molecule has 0 bridgehead atoms. The third-order valence-electron chi connectivity index (χ3n) is 3.23. The summed E-state index contributed by atoms with van der Waals surface area (Å²) in [6.45, 7) is 2.28. The van der Waals surface area contributed by atoms with Gasteiger partial charge in [-0.25, -0.2) is 0 Å². The number of nitrogens with zero attached hydrogens (tertiary/aromatic N) is 1. The first-order valence-corrected chi connectivity index (χ1v) is 5.44. The number of ether oxygens (including phenoxy) is 1. The molecule has 3 unspecified atom stereocenters. The molecule has 1 saturated carbocycles. The zero-order chi connectivity index (χ0) is 10.8. The van der Waals surface area contributed by atoms with Gasteiger partial charge < -0.3 is 10.1 Å². The second-order valence-corrected chi connectivity index (χ2v) is 4.23. The Balaban J connectivity index is 2.25. The molecule has 1 fully saturated rings. The van der Waals surface area contributed by atoms with Crippen molar-refractivity contribution in [3.05, 3.63) is 24.0 Å². The summed E-state index contributed by atoms with van der Waals surface area (Å²) in [5.41, 5.74) is 1.04. The third kappa shape index (κ3) is 1.97. The summed E-state index contributed by atoms with van der Waals surface area (Å²) in [4.78, 5) is 4.43. The van der Waals surface area contributed by atoms with E-state index in [4.69, 9.17) is 4.74 Å². The van der Waals surface area contributed by atoms with Crippen LogP contribution in [0.3, 0.4) is 0 Å². The number of hydrogen-bond acceptors (Lipinski definition) is 3. The molecule has 82 valence electrons. The highest BCUT2D eigenvalue weighted by atomic mass is 16.5. The van der Waals surface area contributed by atoms with Gasteiger partial charge in [0.25, 0.3) is 0 Å². The van der Waals surface area contributed by atoms with Gasteiger partial charge in [0.15, 0.2) is 0 Å². The number of methoxy groups -OCH3 is 1. The van der Waals surface area contributed by atoms with Crippen molar-refractivity contribution in [2.75, 3.05) is 14.2 Å². The molecule has 0 saturated heterocycles. The Morgan fingerprint density at radius 3 is 2.87 bits per heavy atom. The predicted molar refractivity (Wildman–Crippen MR) is 59.9 cm³/mol. The quantitative estimate of drug-likeness (QED) is 0.818. The van der Waals surface area contributed by atoms with Gasteiger partial charge in [0, 0.05) is 6.20 Å². The Hall–Kier alpha value is -1.09. The maximum absolute atomic E-state index is 5.34. The molecule has 3 atom stereocenters. The number of pyridine rings is 1. The highest BCUT2D eigenvalue weighted by Crippen LogP contribution is 2.47. The predicted octanol–water partition coefficient (Wildman–Crippen LogP) is 2.01. The Morgan fingerprint density at radius 1 is 1.60 bits per heavy atom. The number of hydrogen-bond donors (Lipinski definition) is 1. The van der Waals surface area contributed by atoms with Gasteiger partial charge in [-0.3, -0.25) is 4.98 Å². The summed E-state index contributed by atoms with van der Waals surface area (Å²) in [6, 6.07) is 4.21. The second kappa shape index (κ2) is 4.19. The second-order valence-electron chi connectivity index (χ2n) is 4.23. The van der Waals surface area contributed by atoms with Crippen LogP contribution in [0.1, 0.15) is 25.1 Å². The Bertz CT molecular complexity index is 340. The van der Waals surface area contributed by atoms with Gasteiger partial charge in [0.1, 0.15) is 5.75 Å². The molecule has 2 rings (SSSR count). The summed E-state index contributed by atoms with van der Waals surface area (Å²) in [5, 5.41) is 3.34. The molecule has 0 aliphatic heterocycles. The first-order chi connectivity index (χ1) is 7.27. The van der Waals surface area contributed by atoms with Gasteiger partial charge in [-0.15, -0.1) is 0 Å². The van der Waals surface area contributed by atoms with Gasteiger partial charge in [0.2, 0.25) is 0 Å². The zero-order valence-electron chi connectivity index (χ0n) is 9.53. The molecule has 1 aliphatic carbocycles. The zero-order valence-corrected chi connectivity index (χ0v) is 9.53. The van der Waals surface area contributed by atoms with E-state index in [2.05, 4.69) is 17.2 Å². The fraction of sp³-hybridized carbons (Fsp3) is 0.583. The number of aromatic nitrogens is 1. The first kappa shape index (κ1) is 10.4. The lowest BCUT2D eigenvalue weighted by Crippen LogP contribution is -2.21. The van der Waals surface area contributed by atoms with Crippen molar-refractivity contribution in [2.45, 2.75) is 19.4 Å². The minimum Gasteiger partial charge on any atom is -0.495 e. The van der Waals surface area contributed by atoms with Crippen LogP contribution in [0.4, 0.5) is 0 Å². The fourth-order valence-electron chi connectivity index (χ4n) is 2.18. The molecule has 15 heavy (non-hydrogen) atoms. The van der Waals surface area contributed by atoms with Crippen molar-refractivity contribution < 1.29 is 4.74 Å². The number of rotatable bonds is 4. The molecule has 3 nitrogen and oxygen atoms in total. The average Bonchev–Trinajstić information content (AvgIpc) is 2.97. The van der Waals surface area contributed by atoms with Crippen LogP contribution in [0.15, 0.2) is 18.3 Å². The van der Waals surface area contributed by atoms with Crippen LogP contribution >= 0.6 is 0 Å². The van der Waals surface area contributed by atoms with Gasteiger partial charge in [-0.1, -0.05) is 6.92 Å². The lowest BCUT2D eigenvalue weighted by molar-refractivity contribution is 0.388. The summed E-state index contributed by atoms with van der Waals surface area (Å²) >= 11 is 0. The van der Waals surface area contributed by atoms with Crippen molar-refractivity contribution in [2.24, 2.45) is 11.8 Å². The van der Waals surface area contributed by atoms with Crippen molar-refractivity contribution in [1.82, 2.24) is 10.3 Å². The molecule has 0 amide bonds. The van der Waals surface area contributed by atoms with Gasteiger partial charge in [0.05, 0.1) is 18.8 Å². The van der Waals surface area contributed by atoms with E-state index in [9.17, 15) is 0 Å².